The maximum Gasteiger partial charge on any atom is 0.231 e. The summed E-state index contributed by atoms with van der Waals surface area (Å²) < 4.78 is 17.5. The molecule has 0 bridgehead atoms. The van der Waals surface area contributed by atoms with Crippen LogP contribution in [0.3, 0.4) is 0 Å². The minimum Gasteiger partial charge on any atom is -0.454 e. The summed E-state index contributed by atoms with van der Waals surface area (Å²) in [6.07, 6.45) is -0.557. The predicted molar refractivity (Wildman–Crippen MR) is 104 cm³/mol. The second kappa shape index (κ2) is 8.22. The molecule has 0 saturated carbocycles. The molecule has 142 valence electrons. The normalized spacial score (nSPS) is 14.2. The van der Waals surface area contributed by atoms with Gasteiger partial charge in [0, 0.05) is 6.54 Å². The van der Waals surface area contributed by atoms with Crippen LogP contribution < -0.4 is 9.47 Å². The van der Waals surface area contributed by atoms with E-state index < -0.39 is 6.10 Å². The van der Waals surface area contributed by atoms with E-state index in [9.17, 15) is 5.11 Å². The monoisotopic (exact) mass is 386 g/mol. The van der Waals surface area contributed by atoms with Crippen molar-refractivity contribution in [1.82, 2.24) is 9.88 Å². The molecule has 1 aromatic heterocycles. The number of benzene rings is 2. The molecular weight excluding hydrogens is 364 g/mol. The number of hydrogen-bond donors (Lipinski definition) is 1. The van der Waals surface area contributed by atoms with Crippen LogP contribution in [0.2, 0.25) is 0 Å². The molecule has 2 aromatic carbocycles. The van der Waals surface area contributed by atoms with Gasteiger partial charge in [0.1, 0.15) is 5.01 Å². The molecule has 0 spiro atoms. The Kier molecular flexibility index (Phi) is 5.54. The fourth-order valence-corrected chi connectivity index (χ4v) is 4.09. The minimum atomic E-state index is -0.557. The maximum absolute atomic E-state index is 10.2. The molecule has 0 amide bonds. The Morgan fingerprint density at radius 1 is 1.22 bits per heavy atom. The Morgan fingerprint density at radius 2 is 2.07 bits per heavy atom. The van der Waals surface area contributed by atoms with Crippen LogP contribution in [-0.4, -0.2) is 48.1 Å². The highest BCUT2D eigenvalue weighted by Gasteiger charge is 2.14. The smallest absolute Gasteiger partial charge is 0.231 e. The van der Waals surface area contributed by atoms with Gasteiger partial charge >= 0.3 is 0 Å². The maximum atomic E-state index is 10.2. The van der Waals surface area contributed by atoms with E-state index in [1.165, 1.54) is 4.70 Å². The van der Waals surface area contributed by atoms with Gasteiger partial charge in [-0.05, 0) is 36.9 Å². The van der Waals surface area contributed by atoms with E-state index in [-0.39, 0.29) is 13.4 Å². The lowest BCUT2D eigenvalue weighted by molar-refractivity contribution is 0.0127. The third kappa shape index (κ3) is 4.56. The molecule has 1 aliphatic heterocycles. The zero-order chi connectivity index (χ0) is 18.6. The third-order valence-electron chi connectivity index (χ3n) is 4.28. The molecule has 27 heavy (non-hydrogen) atoms. The van der Waals surface area contributed by atoms with Crippen molar-refractivity contribution in [1.29, 1.82) is 0 Å². The molecule has 1 atom stereocenters. The van der Waals surface area contributed by atoms with Crippen LogP contribution in [-0.2, 0) is 17.9 Å². The van der Waals surface area contributed by atoms with Crippen molar-refractivity contribution in [2.45, 2.75) is 19.3 Å². The van der Waals surface area contributed by atoms with Gasteiger partial charge in [0.2, 0.25) is 6.79 Å². The number of likely N-dealkylation sites (N-methyl/N-ethyl adjacent to an activating group) is 1. The van der Waals surface area contributed by atoms with Gasteiger partial charge < -0.3 is 19.3 Å². The fourth-order valence-electron chi connectivity index (χ4n) is 3.04. The highest BCUT2D eigenvalue weighted by atomic mass is 32.1. The van der Waals surface area contributed by atoms with E-state index in [1.807, 2.05) is 43.4 Å². The SMILES string of the molecule is CN(Cc1nc2ccccc2s1)C[C@H](O)COCc1ccc2c(c1)OCO2. The zero-order valence-electron chi connectivity index (χ0n) is 15.1. The quantitative estimate of drug-likeness (QED) is 0.642. The summed E-state index contributed by atoms with van der Waals surface area (Å²) in [6, 6.07) is 13.9. The Morgan fingerprint density at radius 3 is 2.96 bits per heavy atom. The van der Waals surface area contributed by atoms with Crippen LogP contribution >= 0.6 is 11.3 Å². The molecule has 6 nitrogen and oxygen atoms in total. The predicted octanol–water partition coefficient (Wildman–Crippen LogP) is 3.03. The van der Waals surface area contributed by atoms with Gasteiger partial charge in [-0.25, -0.2) is 4.98 Å². The Balaban J connectivity index is 1.22. The van der Waals surface area contributed by atoms with Crippen molar-refractivity contribution in [3.8, 4) is 11.5 Å². The van der Waals surface area contributed by atoms with E-state index in [1.54, 1.807) is 11.3 Å². The molecule has 0 saturated heterocycles. The Bertz CT molecular complexity index is 881. The summed E-state index contributed by atoms with van der Waals surface area (Å²) >= 11 is 1.69. The highest BCUT2D eigenvalue weighted by molar-refractivity contribution is 7.18. The molecular formula is C20H22N2O4S. The summed E-state index contributed by atoms with van der Waals surface area (Å²) in [5, 5.41) is 11.3. The second-order valence-corrected chi connectivity index (χ2v) is 7.74. The van der Waals surface area contributed by atoms with Crippen LogP contribution in [0, 0.1) is 0 Å². The van der Waals surface area contributed by atoms with Crippen molar-refractivity contribution in [3.05, 3.63) is 53.0 Å². The van der Waals surface area contributed by atoms with Crippen LogP contribution in [0.15, 0.2) is 42.5 Å². The molecule has 0 aliphatic carbocycles. The van der Waals surface area contributed by atoms with E-state index in [2.05, 4.69) is 16.0 Å². The molecule has 2 heterocycles. The number of aliphatic hydroxyl groups excluding tert-OH is 1. The number of thiazole rings is 1. The van der Waals surface area contributed by atoms with Gasteiger partial charge in [0.15, 0.2) is 11.5 Å². The largest absolute Gasteiger partial charge is 0.454 e. The third-order valence-corrected chi connectivity index (χ3v) is 5.30. The first-order valence-electron chi connectivity index (χ1n) is 8.85. The van der Waals surface area contributed by atoms with E-state index in [0.29, 0.717) is 19.7 Å². The average Bonchev–Trinajstić information content (AvgIpc) is 3.26. The number of rotatable bonds is 8. The second-order valence-electron chi connectivity index (χ2n) is 6.63. The van der Waals surface area contributed by atoms with Gasteiger partial charge in [-0.2, -0.15) is 0 Å². The number of aliphatic hydroxyl groups is 1. The molecule has 0 radical (unpaired) electrons. The van der Waals surface area contributed by atoms with Gasteiger partial charge in [0.25, 0.3) is 0 Å². The zero-order valence-corrected chi connectivity index (χ0v) is 15.9. The number of nitrogens with zero attached hydrogens (tertiary/aromatic N) is 2. The first-order valence-corrected chi connectivity index (χ1v) is 9.66. The summed E-state index contributed by atoms with van der Waals surface area (Å²) in [5.41, 5.74) is 2.02. The minimum absolute atomic E-state index is 0.263. The molecule has 1 aliphatic rings. The number of fused-ring (bicyclic) bond motifs is 2. The van der Waals surface area contributed by atoms with Gasteiger partial charge in [-0.1, -0.05) is 18.2 Å². The molecule has 4 rings (SSSR count). The van der Waals surface area contributed by atoms with Crippen LogP contribution in [0.25, 0.3) is 10.2 Å². The molecule has 7 heteroatoms. The van der Waals surface area contributed by atoms with Gasteiger partial charge in [-0.3, -0.25) is 4.90 Å². The highest BCUT2D eigenvalue weighted by Crippen LogP contribution is 2.32. The first kappa shape index (κ1) is 18.2. The standard InChI is InChI=1S/C20H22N2O4S/c1-22(10-20-21-16-4-2-3-5-19(16)27-20)9-15(23)12-24-11-14-6-7-17-18(8-14)26-13-25-17/h2-8,15,23H,9-13H2,1H3/t15-/m0/s1. The summed E-state index contributed by atoms with van der Waals surface area (Å²) in [7, 11) is 1.98. The number of hydrogen-bond acceptors (Lipinski definition) is 7. The van der Waals surface area contributed by atoms with E-state index in [4.69, 9.17) is 14.2 Å². The molecule has 0 unspecified atom stereocenters. The lowest BCUT2D eigenvalue weighted by Crippen LogP contribution is -2.31. The van der Waals surface area contributed by atoms with Crippen molar-refractivity contribution in [2.24, 2.45) is 0 Å². The molecule has 1 N–H and O–H groups in total. The van der Waals surface area contributed by atoms with Crippen molar-refractivity contribution in [2.75, 3.05) is 27.0 Å². The van der Waals surface area contributed by atoms with E-state index in [0.717, 1.165) is 27.6 Å². The Hall–Kier alpha value is -2.19. The molecule has 3 aromatic rings. The van der Waals surface area contributed by atoms with Crippen LogP contribution in [0.4, 0.5) is 0 Å². The van der Waals surface area contributed by atoms with Crippen LogP contribution in [0.5, 0.6) is 11.5 Å². The lowest BCUT2D eigenvalue weighted by atomic mass is 10.2. The average molecular weight is 386 g/mol. The number of ether oxygens (including phenoxy) is 3. The Labute approximate surface area is 161 Å². The topological polar surface area (TPSA) is 64.1 Å². The fraction of sp³-hybridized carbons (Fsp3) is 0.350. The summed E-state index contributed by atoms with van der Waals surface area (Å²) in [6.45, 7) is 2.20. The van der Waals surface area contributed by atoms with Crippen molar-refractivity contribution >= 4 is 21.6 Å². The molecule has 0 fully saturated rings. The number of para-hydroxylation sites is 1. The van der Waals surface area contributed by atoms with E-state index >= 15 is 0 Å². The first-order chi connectivity index (χ1) is 13.2. The van der Waals surface area contributed by atoms with Gasteiger partial charge in [0.05, 0.1) is 36.1 Å². The lowest BCUT2D eigenvalue weighted by Gasteiger charge is -2.19. The van der Waals surface area contributed by atoms with Gasteiger partial charge in [-0.15, -0.1) is 11.3 Å². The summed E-state index contributed by atoms with van der Waals surface area (Å²) in [5.74, 6) is 1.50. The van der Waals surface area contributed by atoms with Crippen molar-refractivity contribution in [3.63, 3.8) is 0 Å². The van der Waals surface area contributed by atoms with Crippen LogP contribution in [0.1, 0.15) is 10.6 Å². The van der Waals surface area contributed by atoms with Crippen molar-refractivity contribution < 1.29 is 19.3 Å². The summed E-state index contributed by atoms with van der Waals surface area (Å²) in [4.78, 5) is 6.69. The number of aromatic nitrogens is 1.